The van der Waals surface area contributed by atoms with Crippen molar-refractivity contribution >= 4 is 10.9 Å². The van der Waals surface area contributed by atoms with Gasteiger partial charge in [-0.3, -0.25) is 4.98 Å². The molecule has 1 aliphatic heterocycles. The number of pyridine rings is 1. The molecule has 2 aromatic rings. The molecule has 3 heteroatoms. The molecule has 2 heterocycles. The number of hydrogen-bond donors (Lipinski definition) is 1. The highest BCUT2D eigenvalue weighted by Gasteiger charge is 2.21. The van der Waals surface area contributed by atoms with Crippen LogP contribution in [0, 0.1) is 12.8 Å². The minimum absolute atomic E-state index is 0.504. The summed E-state index contributed by atoms with van der Waals surface area (Å²) in [5.74, 6) is 0.653. The Kier molecular flexibility index (Phi) is 3.99. The summed E-state index contributed by atoms with van der Waals surface area (Å²) in [5, 5.41) is 4.83. The number of rotatable bonds is 4. The van der Waals surface area contributed by atoms with Crippen molar-refractivity contribution in [2.75, 3.05) is 13.2 Å². The van der Waals surface area contributed by atoms with Crippen LogP contribution < -0.4 is 5.32 Å². The number of benzene rings is 1. The predicted molar refractivity (Wildman–Crippen MR) is 81.7 cm³/mol. The molecule has 3 rings (SSSR count). The highest BCUT2D eigenvalue weighted by molar-refractivity contribution is 5.79. The van der Waals surface area contributed by atoms with Crippen molar-refractivity contribution in [1.82, 2.24) is 10.3 Å². The Morgan fingerprint density at radius 2 is 2.25 bits per heavy atom. The number of hydrogen-bond acceptors (Lipinski definition) is 3. The summed E-state index contributed by atoms with van der Waals surface area (Å²) in [6, 6.07) is 11.2. The Bertz CT molecular complexity index is 591. The lowest BCUT2D eigenvalue weighted by Gasteiger charge is -2.19. The van der Waals surface area contributed by atoms with Crippen molar-refractivity contribution in [3.05, 3.63) is 41.6 Å². The van der Waals surface area contributed by atoms with Crippen molar-refractivity contribution in [3.63, 3.8) is 0 Å². The van der Waals surface area contributed by atoms with E-state index in [1.807, 2.05) is 6.92 Å². The summed E-state index contributed by atoms with van der Waals surface area (Å²) in [5.41, 5.74) is 3.46. The van der Waals surface area contributed by atoms with Crippen molar-refractivity contribution in [2.24, 2.45) is 5.92 Å². The van der Waals surface area contributed by atoms with E-state index in [-0.39, 0.29) is 0 Å². The molecule has 0 spiro atoms. The maximum Gasteiger partial charge on any atom is 0.0705 e. The Balaban J connectivity index is 1.66. The number of aromatic nitrogens is 1. The van der Waals surface area contributed by atoms with Crippen LogP contribution in [0.15, 0.2) is 30.3 Å². The van der Waals surface area contributed by atoms with Crippen LogP contribution in [0.4, 0.5) is 0 Å². The summed E-state index contributed by atoms with van der Waals surface area (Å²) < 4.78 is 5.45. The maximum absolute atomic E-state index is 5.45. The lowest BCUT2D eigenvalue weighted by molar-refractivity contribution is 0.178. The number of ether oxygens (including phenoxy) is 1. The first-order valence-electron chi connectivity index (χ1n) is 7.40. The van der Waals surface area contributed by atoms with Crippen molar-refractivity contribution in [1.29, 1.82) is 0 Å². The third-order valence-electron chi connectivity index (χ3n) is 4.19. The van der Waals surface area contributed by atoms with Gasteiger partial charge in [-0.05, 0) is 49.9 Å². The van der Waals surface area contributed by atoms with E-state index in [0.717, 1.165) is 31.0 Å². The van der Waals surface area contributed by atoms with E-state index < -0.39 is 0 Å². The highest BCUT2D eigenvalue weighted by atomic mass is 16.5. The van der Waals surface area contributed by atoms with Crippen LogP contribution in [-0.2, 0) is 11.3 Å². The van der Waals surface area contributed by atoms with Gasteiger partial charge in [0, 0.05) is 30.3 Å². The summed E-state index contributed by atoms with van der Waals surface area (Å²) in [6.07, 6.45) is 1.18. The van der Waals surface area contributed by atoms with Gasteiger partial charge in [0.25, 0.3) is 0 Å². The van der Waals surface area contributed by atoms with E-state index in [0.29, 0.717) is 12.0 Å². The first-order chi connectivity index (χ1) is 9.72. The standard InChI is InChI=1S/C17H22N2O/c1-12-3-5-15-9-14(4-6-17(15)19-12)10-18-13(2)16-7-8-20-11-16/h3-6,9,13,16,18H,7-8,10-11H2,1-2H3/t13-,16+/m1/s1. The molecule has 2 atom stereocenters. The molecule has 1 fully saturated rings. The molecule has 0 bridgehead atoms. The molecule has 0 amide bonds. The molecule has 20 heavy (non-hydrogen) atoms. The number of nitrogens with zero attached hydrogens (tertiary/aromatic N) is 1. The average Bonchev–Trinajstić information content (AvgIpc) is 2.99. The fourth-order valence-electron chi connectivity index (χ4n) is 2.78. The highest BCUT2D eigenvalue weighted by Crippen LogP contribution is 2.18. The first kappa shape index (κ1) is 13.5. The zero-order valence-corrected chi connectivity index (χ0v) is 12.2. The molecule has 0 radical (unpaired) electrons. The molecule has 1 aromatic heterocycles. The molecule has 1 aromatic carbocycles. The van der Waals surface area contributed by atoms with Crippen LogP contribution in [-0.4, -0.2) is 24.2 Å². The minimum Gasteiger partial charge on any atom is -0.381 e. The van der Waals surface area contributed by atoms with Gasteiger partial charge in [0.1, 0.15) is 0 Å². The van der Waals surface area contributed by atoms with Crippen LogP contribution in [0.25, 0.3) is 10.9 Å². The normalized spacial score (nSPS) is 20.4. The maximum atomic E-state index is 5.45. The van der Waals surface area contributed by atoms with Gasteiger partial charge in [-0.2, -0.15) is 0 Å². The van der Waals surface area contributed by atoms with Crippen LogP contribution in [0.5, 0.6) is 0 Å². The topological polar surface area (TPSA) is 34.1 Å². The van der Waals surface area contributed by atoms with E-state index in [1.54, 1.807) is 0 Å². The van der Waals surface area contributed by atoms with E-state index in [4.69, 9.17) is 4.74 Å². The molecule has 0 unspecified atom stereocenters. The van der Waals surface area contributed by atoms with E-state index in [1.165, 1.54) is 17.4 Å². The summed E-state index contributed by atoms with van der Waals surface area (Å²) >= 11 is 0. The number of fused-ring (bicyclic) bond motifs is 1. The fraction of sp³-hybridized carbons (Fsp3) is 0.471. The van der Waals surface area contributed by atoms with Crippen LogP contribution in [0.1, 0.15) is 24.6 Å². The minimum atomic E-state index is 0.504. The molecule has 1 aliphatic rings. The van der Waals surface area contributed by atoms with Crippen LogP contribution >= 0.6 is 0 Å². The van der Waals surface area contributed by atoms with Gasteiger partial charge >= 0.3 is 0 Å². The Labute approximate surface area is 120 Å². The van der Waals surface area contributed by atoms with Crippen molar-refractivity contribution < 1.29 is 4.74 Å². The third kappa shape index (κ3) is 3.00. The molecular formula is C17H22N2O. The van der Waals surface area contributed by atoms with E-state index in [2.05, 4.69) is 47.6 Å². The molecule has 106 valence electrons. The predicted octanol–water partition coefficient (Wildman–Crippen LogP) is 3.06. The number of nitrogens with one attached hydrogen (secondary N) is 1. The van der Waals surface area contributed by atoms with Gasteiger partial charge in [-0.25, -0.2) is 0 Å². The lowest BCUT2D eigenvalue weighted by atomic mass is 10.0. The Hall–Kier alpha value is -1.45. The van der Waals surface area contributed by atoms with Crippen molar-refractivity contribution in [2.45, 2.75) is 32.9 Å². The van der Waals surface area contributed by atoms with Crippen LogP contribution in [0.3, 0.4) is 0 Å². The third-order valence-corrected chi connectivity index (χ3v) is 4.19. The zero-order chi connectivity index (χ0) is 13.9. The van der Waals surface area contributed by atoms with Gasteiger partial charge in [-0.15, -0.1) is 0 Å². The second-order valence-corrected chi connectivity index (χ2v) is 5.77. The summed E-state index contributed by atoms with van der Waals surface area (Å²) in [4.78, 5) is 4.54. The van der Waals surface area contributed by atoms with Gasteiger partial charge < -0.3 is 10.1 Å². The fourth-order valence-corrected chi connectivity index (χ4v) is 2.78. The molecule has 1 N–H and O–H groups in total. The van der Waals surface area contributed by atoms with Gasteiger partial charge in [0.05, 0.1) is 12.1 Å². The largest absolute Gasteiger partial charge is 0.381 e. The van der Waals surface area contributed by atoms with Crippen molar-refractivity contribution in [3.8, 4) is 0 Å². The number of aryl methyl sites for hydroxylation is 1. The van der Waals surface area contributed by atoms with Gasteiger partial charge in [-0.1, -0.05) is 12.1 Å². The Morgan fingerprint density at radius 3 is 3.05 bits per heavy atom. The van der Waals surface area contributed by atoms with Crippen LogP contribution in [0.2, 0.25) is 0 Å². The van der Waals surface area contributed by atoms with E-state index in [9.17, 15) is 0 Å². The molecule has 0 aliphatic carbocycles. The summed E-state index contributed by atoms with van der Waals surface area (Å²) in [7, 11) is 0. The molecule has 1 saturated heterocycles. The van der Waals surface area contributed by atoms with Gasteiger partial charge in [0.15, 0.2) is 0 Å². The Morgan fingerprint density at radius 1 is 1.35 bits per heavy atom. The van der Waals surface area contributed by atoms with E-state index >= 15 is 0 Å². The SMILES string of the molecule is Cc1ccc2cc(CN[C@H](C)[C@H]3CCOC3)ccc2n1. The lowest BCUT2D eigenvalue weighted by Crippen LogP contribution is -2.33. The smallest absolute Gasteiger partial charge is 0.0705 e. The summed E-state index contributed by atoms with van der Waals surface area (Å²) in [6.45, 7) is 7.00. The first-order valence-corrected chi connectivity index (χ1v) is 7.40. The molecule has 3 nitrogen and oxygen atoms in total. The quantitative estimate of drug-likeness (QED) is 0.927. The monoisotopic (exact) mass is 270 g/mol. The molecular weight excluding hydrogens is 248 g/mol. The average molecular weight is 270 g/mol. The molecule has 0 saturated carbocycles. The zero-order valence-electron chi connectivity index (χ0n) is 12.2. The second-order valence-electron chi connectivity index (χ2n) is 5.77. The second kappa shape index (κ2) is 5.90. The van der Waals surface area contributed by atoms with Gasteiger partial charge in [0.2, 0.25) is 0 Å².